The third-order valence-electron chi connectivity index (χ3n) is 3.63. The first kappa shape index (κ1) is 17.3. The van der Waals surface area contributed by atoms with Crippen molar-refractivity contribution in [2.75, 3.05) is 18.8 Å². The maximum atomic E-state index is 12.7. The molecule has 0 aromatic carbocycles. The van der Waals surface area contributed by atoms with Crippen LogP contribution in [0, 0.1) is 5.92 Å². The number of hydrogen-bond donors (Lipinski definition) is 1. The molecule has 0 bridgehead atoms. The quantitative estimate of drug-likeness (QED) is 0.847. The number of amides is 2. The summed E-state index contributed by atoms with van der Waals surface area (Å²) < 4.78 is 0. The first-order valence-electron chi connectivity index (χ1n) is 7.63. The van der Waals surface area contributed by atoms with E-state index in [2.05, 4.69) is 12.2 Å². The Labute approximate surface area is 127 Å². The average Bonchev–Trinajstić information content (AvgIpc) is 2.61. The van der Waals surface area contributed by atoms with E-state index >= 15 is 0 Å². The molecule has 1 saturated heterocycles. The van der Waals surface area contributed by atoms with E-state index in [0.717, 1.165) is 25.3 Å². The van der Waals surface area contributed by atoms with Crippen molar-refractivity contribution in [3.63, 3.8) is 0 Å². The van der Waals surface area contributed by atoms with Crippen LogP contribution in [0.3, 0.4) is 0 Å². The normalized spacial score (nSPS) is 21.4. The van der Waals surface area contributed by atoms with Gasteiger partial charge in [-0.15, -0.1) is 0 Å². The molecule has 0 spiro atoms. The molecule has 2 atom stereocenters. The van der Waals surface area contributed by atoms with Gasteiger partial charge in [0.25, 0.3) is 0 Å². The van der Waals surface area contributed by atoms with E-state index < -0.39 is 6.04 Å². The van der Waals surface area contributed by atoms with Crippen LogP contribution in [-0.4, -0.2) is 46.8 Å². The highest BCUT2D eigenvalue weighted by Gasteiger charge is 2.30. The minimum atomic E-state index is -0.391. The molecule has 20 heavy (non-hydrogen) atoms. The van der Waals surface area contributed by atoms with Gasteiger partial charge in [0, 0.05) is 25.3 Å². The fourth-order valence-corrected chi connectivity index (χ4v) is 3.69. The molecule has 5 heteroatoms. The van der Waals surface area contributed by atoms with Crippen LogP contribution < -0.4 is 5.32 Å². The number of nitrogens with one attached hydrogen (secondary N) is 1. The van der Waals surface area contributed by atoms with Crippen molar-refractivity contribution in [1.29, 1.82) is 0 Å². The molecule has 1 rings (SSSR count). The van der Waals surface area contributed by atoms with Gasteiger partial charge >= 0.3 is 0 Å². The molecule has 1 N–H and O–H groups in total. The van der Waals surface area contributed by atoms with Crippen molar-refractivity contribution in [2.24, 2.45) is 5.92 Å². The summed E-state index contributed by atoms with van der Waals surface area (Å²) in [6, 6.07) is -0.391. The Morgan fingerprint density at radius 1 is 1.35 bits per heavy atom. The fourth-order valence-electron chi connectivity index (χ4n) is 2.60. The molecular weight excluding hydrogens is 272 g/mol. The molecule has 4 nitrogen and oxygen atoms in total. The lowest BCUT2D eigenvalue weighted by Crippen LogP contribution is -2.51. The van der Waals surface area contributed by atoms with Crippen molar-refractivity contribution in [3.05, 3.63) is 0 Å². The van der Waals surface area contributed by atoms with E-state index in [1.165, 1.54) is 19.8 Å². The minimum Gasteiger partial charge on any atom is -0.344 e. The summed E-state index contributed by atoms with van der Waals surface area (Å²) in [5.41, 5.74) is 0. The Kier molecular flexibility index (Phi) is 7.41. The highest BCUT2D eigenvalue weighted by molar-refractivity contribution is 7.99. The summed E-state index contributed by atoms with van der Waals surface area (Å²) in [5, 5.41) is 3.35. The SMILES string of the molecule is CCS[C@@H]1CCCCN(C(=O)[C@H](NC(C)=O)C(C)C)C1. The lowest BCUT2D eigenvalue weighted by molar-refractivity contribution is -0.137. The van der Waals surface area contributed by atoms with Crippen molar-refractivity contribution in [2.45, 2.75) is 58.2 Å². The van der Waals surface area contributed by atoms with Crippen LogP contribution in [0.15, 0.2) is 0 Å². The standard InChI is InChI=1S/C15H28N2O2S/c1-5-20-13-8-6-7-9-17(10-13)15(19)14(11(2)3)16-12(4)18/h11,13-14H,5-10H2,1-4H3,(H,16,18)/t13-,14-/m1/s1. The second kappa shape index (κ2) is 8.55. The monoisotopic (exact) mass is 300 g/mol. The molecule has 0 aromatic rings. The number of carbonyl (C=O) groups is 2. The number of likely N-dealkylation sites (tertiary alicyclic amines) is 1. The molecule has 0 aliphatic carbocycles. The molecule has 1 heterocycles. The zero-order chi connectivity index (χ0) is 15.1. The Morgan fingerprint density at radius 3 is 2.60 bits per heavy atom. The Morgan fingerprint density at radius 2 is 2.05 bits per heavy atom. The third kappa shape index (κ3) is 5.35. The van der Waals surface area contributed by atoms with Gasteiger partial charge in [-0.3, -0.25) is 9.59 Å². The summed E-state index contributed by atoms with van der Waals surface area (Å²) in [6.45, 7) is 9.24. The van der Waals surface area contributed by atoms with Gasteiger partial charge in [-0.25, -0.2) is 0 Å². The lowest BCUT2D eigenvalue weighted by atomic mass is 10.0. The van der Waals surface area contributed by atoms with Gasteiger partial charge in [-0.2, -0.15) is 11.8 Å². The maximum Gasteiger partial charge on any atom is 0.245 e. The number of nitrogens with zero attached hydrogens (tertiary/aromatic N) is 1. The van der Waals surface area contributed by atoms with Gasteiger partial charge in [0.1, 0.15) is 6.04 Å². The van der Waals surface area contributed by atoms with Gasteiger partial charge in [0.05, 0.1) is 0 Å². The zero-order valence-electron chi connectivity index (χ0n) is 13.1. The van der Waals surface area contributed by atoms with Gasteiger partial charge < -0.3 is 10.2 Å². The second-order valence-electron chi connectivity index (χ2n) is 5.78. The predicted octanol–water partition coefficient (Wildman–Crippen LogP) is 2.28. The minimum absolute atomic E-state index is 0.0822. The van der Waals surface area contributed by atoms with E-state index in [-0.39, 0.29) is 17.7 Å². The first-order chi connectivity index (χ1) is 9.45. The molecule has 0 aromatic heterocycles. The Hall–Kier alpha value is -0.710. The smallest absolute Gasteiger partial charge is 0.245 e. The van der Waals surface area contributed by atoms with Gasteiger partial charge in [-0.1, -0.05) is 27.2 Å². The van der Waals surface area contributed by atoms with Crippen LogP contribution in [0.2, 0.25) is 0 Å². The fraction of sp³-hybridized carbons (Fsp3) is 0.867. The molecule has 2 amide bonds. The predicted molar refractivity (Wildman–Crippen MR) is 84.8 cm³/mol. The Bertz CT molecular complexity index is 334. The van der Waals surface area contributed by atoms with E-state index in [9.17, 15) is 9.59 Å². The largest absolute Gasteiger partial charge is 0.344 e. The van der Waals surface area contributed by atoms with Crippen LogP contribution >= 0.6 is 11.8 Å². The summed E-state index contributed by atoms with van der Waals surface area (Å²) in [4.78, 5) is 25.9. The van der Waals surface area contributed by atoms with Crippen molar-refractivity contribution in [1.82, 2.24) is 10.2 Å². The summed E-state index contributed by atoms with van der Waals surface area (Å²) in [6.07, 6.45) is 3.44. The van der Waals surface area contributed by atoms with Crippen LogP contribution in [0.5, 0.6) is 0 Å². The van der Waals surface area contributed by atoms with Crippen molar-refractivity contribution in [3.8, 4) is 0 Å². The molecule has 0 radical (unpaired) electrons. The van der Waals surface area contributed by atoms with Gasteiger partial charge in [0.2, 0.25) is 11.8 Å². The van der Waals surface area contributed by atoms with Gasteiger partial charge in [-0.05, 0) is 24.5 Å². The molecule has 1 fully saturated rings. The van der Waals surface area contributed by atoms with Crippen LogP contribution in [0.25, 0.3) is 0 Å². The van der Waals surface area contributed by atoms with Crippen LogP contribution in [-0.2, 0) is 9.59 Å². The van der Waals surface area contributed by atoms with E-state index in [1.807, 2.05) is 30.5 Å². The second-order valence-corrected chi connectivity index (χ2v) is 7.36. The van der Waals surface area contributed by atoms with Crippen molar-refractivity contribution < 1.29 is 9.59 Å². The molecule has 1 aliphatic heterocycles. The maximum absolute atomic E-state index is 12.7. The van der Waals surface area contributed by atoms with Gasteiger partial charge in [0.15, 0.2) is 0 Å². The third-order valence-corrected chi connectivity index (χ3v) is 4.82. The molecule has 116 valence electrons. The summed E-state index contributed by atoms with van der Waals surface area (Å²) in [5.74, 6) is 1.16. The number of carbonyl (C=O) groups excluding carboxylic acids is 2. The average molecular weight is 300 g/mol. The van der Waals surface area contributed by atoms with E-state index in [1.54, 1.807) is 0 Å². The molecular formula is C15H28N2O2S. The summed E-state index contributed by atoms with van der Waals surface area (Å²) in [7, 11) is 0. The lowest BCUT2D eigenvalue weighted by Gasteiger charge is -2.30. The topological polar surface area (TPSA) is 49.4 Å². The van der Waals surface area contributed by atoms with Crippen molar-refractivity contribution >= 4 is 23.6 Å². The summed E-state index contributed by atoms with van der Waals surface area (Å²) >= 11 is 1.94. The molecule has 0 unspecified atom stereocenters. The highest BCUT2D eigenvalue weighted by Crippen LogP contribution is 2.23. The van der Waals surface area contributed by atoms with E-state index in [0.29, 0.717) is 5.25 Å². The number of rotatable bonds is 5. The Balaban J connectivity index is 2.72. The molecule has 1 aliphatic rings. The van der Waals surface area contributed by atoms with E-state index in [4.69, 9.17) is 0 Å². The van der Waals surface area contributed by atoms with Crippen LogP contribution in [0.4, 0.5) is 0 Å². The highest BCUT2D eigenvalue weighted by atomic mass is 32.2. The van der Waals surface area contributed by atoms with Crippen LogP contribution in [0.1, 0.15) is 47.0 Å². The molecule has 0 saturated carbocycles. The number of hydrogen-bond acceptors (Lipinski definition) is 3. The number of thioether (sulfide) groups is 1. The zero-order valence-corrected chi connectivity index (χ0v) is 14.0. The first-order valence-corrected chi connectivity index (χ1v) is 8.68.